The Hall–Kier alpha value is -0.0151. The van der Waals surface area contributed by atoms with Gasteiger partial charge in [0.1, 0.15) is 7.85 Å². The van der Waals surface area contributed by atoms with E-state index in [0.717, 1.165) is 26.2 Å². The Morgan fingerprint density at radius 3 is 1.43 bits per heavy atom. The Morgan fingerprint density at radius 2 is 1.21 bits per heavy atom. The number of rotatable bonds is 8. The lowest BCUT2D eigenvalue weighted by Gasteiger charge is -2.38. The Kier molecular flexibility index (Phi) is 8.30. The summed E-state index contributed by atoms with van der Waals surface area (Å²) in [5, 5.41) is 0. The van der Waals surface area contributed by atoms with Crippen LogP contribution >= 0.6 is 0 Å². The minimum Gasteiger partial charge on any atom is -0.288 e. The minimum atomic E-state index is 0.657. The van der Waals surface area contributed by atoms with Crippen LogP contribution in [0.4, 0.5) is 0 Å². The van der Waals surface area contributed by atoms with Crippen LogP contribution in [0.1, 0.15) is 34.1 Å². The minimum absolute atomic E-state index is 0.657. The van der Waals surface area contributed by atoms with Crippen molar-refractivity contribution >= 4 is 7.85 Å². The summed E-state index contributed by atoms with van der Waals surface area (Å²) in [4.78, 5) is 5.13. The van der Waals surface area contributed by atoms with Gasteiger partial charge in [0.25, 0.3) is 0 Å². The summed E-state index contributed by atoms with van der Waals surface area (Å²) < 4.78 is 0. The second kappa shape index (κ2) is 8.31. The van der Waals surface area contributed by atoms with E-state index >= 15 is 0 Å². The van der Waals surface area contributed by atoms with Gasteiger partial charge >= 0.3 is 0 Å². The molecule has 2 nitrogen and oxygen atoms in total. The molecule has 0 bridgehead atoms. The summed E-state index contributed by atoms with van der Waals surface area (Å²) >= 11 is 0. The lowest BCUT2D eigenvalue weighted by atomic mass is 9.99. The highest BCUT2D eigenvalue weighted by molar-refractivity contribution is 6.08. The molecule has 0 rings (SSSR count). The van der Waals surface area contributed by atoms with E-state index in [4.69, 9.17) is 0 Å². The molecule has 0 aliphatic heterocycles. The van der Waals surface area contributed by atoms with Gasteiger partial charge in [0.05, 0.1) is 6.17 Å². The van der Waals surface area contributed by atoms with E-state index < -0.39 is 0 Å². The van der Waals surface area contributed by atoms with Crippen molar-refractivity contribution in [1.29, 1.82) is 0 Å². The van der Waals surface area contributed by atoms with Crippen molar-refractivity contribution in [2.75, 3.05) is 26.2 Å². The van der Waals surface area contributed by atoms with E-state index in [0.29, 0.717) is 6.17 Å². The summed E-state index contributed by atoms with van der Waals surface area (Å²) in [5.41, 5.74) is 0. The lowest BCUT2D eigenvalue weighted by Crippen LogP contribution is -2.48. The lowest BCUT2D eigenvalue weighted by molar-refractivity contribution is 0.0540. The molecule has 0 saturated heterocycles. The van der Waals surface area contributed by atoms with E-state index in [1.165, 1.54) is 12.7 Å². The first-order valence-electron chi connectivity index (χ1n) is 6.23. The standard InChI is InChI=1S/C11H27BN2/c1-5-13(6-2)11(9-10-12)14(7-3)8-4/h11H,5-10,12H2,1-4H3. The van der Waals surface area contributed by atoms with E-state index in [2.05, 4.69) is 45.3 Å². The van der Waals surface area contributed by atoms with Crippen molar-refractivity contribution in [3.8, 4) is 0 Å². The van der Waals surface area contributed by atoms with Crippen molar-refractivity contribution in [3.63, 3.8) is 0 Å². The summed E-state index contributed by atoms with van der Waals surface area (Å²) in [6, 6.07) is 0. The van der Waals surface area contributed by atoms with Crippen molar-refractivity contribution in [3.05, 3.63) is 0 Å². The summed E-state index contributed by atoms with van der Waals surface area (Å²) in [6.45, 7) is 13.7. The molecule has 14 heavy (non-hydrogen) atoms. The van der Waals surface area contributed by atoms with E-state index in [-0.39, 0.29) is 0 Å². The Bertz CT molecular complexity index is 110. The van der Waals surface area contributed by atoms with E-state index in [9.17, 15) is 0 Å². The third-order valence-electron chi connectivity index (χ3n) is 3.01. The Morgan fingerprint density at radius 1 is 0.857 bits per heavy atom. The second-order valence-electron chi connectivity index (χ2n) is 3.71. The molecule has 0 unspecified atom stereocenters. The number of hydrogen-bond donors (Lipinski definition) is 0. The van der Waals surface area contributed by atoms with Crippen LogP contribution in [0.5, 0.6) is 0 Å². The van der Waals surface area contributed by atoms with Gasteiger partial charge in [0, 0.05) is 0 Å². The zero-order valence-corrected chi connectivity index (χ0v) is 10.7. The van der Waals surface area contributed by atoms with E-state index in [1.807, 2.05) is 0 Å². The van der Waals surface area contributed by atoms with Crippen LogP contribution < -0.4 is 0 Å². The molecule has 0 aliphatic carbocycles. The van der Waals surface area contributed by atoms with Crippen LogP contribution in [0.15, 0.2) is 0 Å². The largest absolute Gasteiger partial charge is 0.288 e. The summed E-state index contributed by atoms with van der Waals surface area (Å²) in [7, 11) is 2.28. The topological polar surface area (TPSA) is 6.48 Å². The van der Waals surface area contributed by atoms with Crippen LogP contribution in [0.25, 0.3) is 0 Å². The molecule has 0 atom stereocenters. The van der Waals surface area contributed by atoms with Crippen LogP contribution in [-0.4, -0.2) is 50.0 Å². The fraction of sp³-hybridized carbons (Fsp3) is 1.00. The predicted molar refractivity (Wildman–Crippen MR) is 67.6 cm³/mol. The summed E-state index contributed by atoms with van der Waals surface area (Å²) in [5.74, 6) is 0. The van der Waals surface area contributed by atoms with Crippen LogP contribution in [-0.2, 0) is 0 Å². The van der Waals surface area contributed by atoms with Gasteiger partial charge in [-0.1, -0.05) is 34.0 Å². The molecule has 0 radical (unpaired) electrons. The first kappa shape index (κ1) is 14.0. The van der Waals surface area contributed by atoms with Gasteiger partial charge in [-0.2, -0.15) is 0 Å². The molecule has 0 N–H and O–H groups in total. The summed E-state index contributed by atoms with van der Waals surface area (Å²) in [6.07, 6.45) is 3.23. The van der Waals surface area contributed by atoms with Crippen molar-refractivity contribution < 1.29 is 0 Å². The quantitative estimate of drug-likeness (QED) is 0.430. The molecule has 0 heterocycles. The third kappa shape index (κ3) is 4.01. The highest BCUT2D eigenvalue weighted by atomic mass is 15.3. The fourth-order valence-electron chi connectivity index (χ4n) is 2.14. The first-order chi connectivity index (χ1) is 6.74. The van der Waals surface area contributed by atoms with Gasteiger partial charge in [-0.3, -0.25) is 9.80 Å². The van der Waals surface area contributed by atoms with Gasteiger partial charge in [-0.25, -0.2) is 0 Å². The molecule has 0 fully saturated rings. The third-order valence-corrected chi connectivity index (χ3v) is 3.01. The molecule has 0 aromatic heterocycles. The normalized spacial score (nSPS) is 11.9. The SMILES string of the molecule is BCCC(N(CC)CC)N(CC)CC. The van der Waals surface area contributed by atoms with Crippen LogP contribution in [0.3, 0.4) is 0 Å². The Labute approximate surface area is 91.1 Å². The van der Waals surface area contributed by atoms with E-state index in [1.54, 1.807) is 0 Å². The second-order valence-corrected chi connectivity index (χ2v) is 3.71. The van der Waals surface area contributed by atoms with Crippen molar-refractivity contribution in [2.45, 2.75) is 46.6 Å². The average molecular weight is 198 g/mol. The van der Waals surface area contributed by atoms with Gasteiger partial charge < -0.3 is 0 Å². The molecule has 3 heteroatoms. The molecule has 0 aromatic carbocycles. The maximum Gasteiger partial charge on any atom is 0.101 e. The Balaban J connectivity index is 4.36. The van der Waals surface area contributed by atoms with Gasteiger partial charge in [-0.05, 0) is 32.6 Å². The number of nitrogens with zero attached hydrogens (tertiary/aromatic N) is 2. The smallest absolute Gasteiger partial charge is 0.101 e. The molecular formula is C11H27BN2. The molecule has 0 saturated carbocycles. The highest BCUT2D eigenvalue weighted by Gasteiger charge is 2.19. The zero-order valence-electron chi connectivity index (χ0n) is 10.7. The first-order valence-corrected chi connectivity index (χ1v) is 6.23. The van der Waals surface area contributed by atoms with Gasteiger partial charge in [0.2, 0.25) is 0 Å². The fourth-order valence-corrected chi connectivity index (χ4v) is 2.14. The monoisotopic (exact) mass is 198 g/mol. The zero-order chi connectivity index (χ0) is 11.0. The average Bonchev–Trinajstić information content (AvgIpc) is 2.21. The van der Waals surface area contributed by atoms with Crippen LogP contribution in [0, 0.1) is 0 Å². The van der Waals surface area contributed by atoms with Crippen molar-refractivity contribution in [2.24, 2.45) is 0 Å². The maximum atomic E-state index is 2.57. The number of hydrogen-bond acceptors (Lipinski definition) is 2. The van der Waals surface area contributed by atoms with Gasteiger partial charge in [-0.15, -0.1) is 0 Å². The van der Waals surface area contributed by atoms with Gasteiger partial charge in [0.15, 0.2) is 0 Å². The molecule has 0 spiro atoms. The molecular weight excluding hydrogens is 171 g/mol. The highest BCUT2D eigenvalue weighted by Crippen LogP contribution is 2.11. The molecule has 84 valence electrons. The molecule has 0 aliphatic rings. The maximum absolute atomic E-state index is 2.57. The predicted octanol–water partition coefficient (Wildman–Crippen LogP) is 1.44. The van der Waals surface area contributed by atoms with Crippen LogP contribution in [0.2, 0.25) is 6.32 Å². The molecule has 0 aromatic rings. The van der Waals surface area contributed by atoms with Crippen molar-refractivity contribution in [1.82, 2.24) is 9.80 Å². The molecule has 0 amide bonds.